The van der Waals surface area contributed by atoms with Crippen LogP contribution in [0.4, 0.5) is 0 Å². The summed E-state index contributed by atoms with van der Waals surface area (Å²) in [4.78, 5) is 4.78. The van der Waals surface area contributed by atoms with Crippen LogP contribution in [0.3, 0.4) is 0 Å². The number of hydrogen-bond donors (Lipinski definition) is 1. The van der Waals surface area contributed by atoms with Crippen molar-refractivity contribution in [1.29, 1.82) is 0 Å². The second kappa shape index (κ2) is 5.95. The molecule has 1 N–H and O–H groups in total. The Hall–Kier alpha value is -0.180. The summed E-state index contributed by atoms with van der Waals surface area (Å²) in [6, 6.07) is 1.23. The lowest BCUT2D eigenvalue weighted by molar-refractivity contribution is 0.509. The Balaban J connectivity index is 1.83. The van der Waals surface area contributed by atoms with Gasteiger partial charge >= 0.3 is 0 Å². The number of rotatable bonds is 5. The van der Waals surface area contributed by atoms with E-state index in [2.05, 4.69) is 19.2 Å². The van der Waals surface area contributed by atoms with E-state index in [-0.39, 0.29) is 0 Å². The zero-order chi connectivity index (χ0) is 11.4. The van der Waals surface area contributed by atoms with E-state index in [1.165, 1.54) is 49.4 Å². The summed E-state index contributed by atoms with van der Waals surface area (Å²) in [5, 5.41) is 4.87. The standard InChI is InChI=1S/C13H24N2S/c1-3-11-7-8-16-13(14-11)15-12(4-2)9-10-5-6-10/h10-12H,3-9H2,1-2H3,(H,14,15). The second-order valence-corrected chi connectivity index (χ2v) is 6.15. The molecular weight excluding hydrogens is 216 g/mol. The van der Waals surface area contributed by atoms with Crippen molar-refractivity contribution in [3.63, 3.8) is 0 Å². The summed E-state index contributed by atoms with van der Waals surface area (Å²) in [6.07, 6.45) is 7.93. The third-order valence-corrected chi connectivity index (χ3v) is 4.53. The maximum atomic E-state index is 4.78. The van der Waals surface area contributed by atoms with E-state index in [0.717, 1.165) is 5.92 Å². The van der Waals surface area contributed by atoms with Gasteiger partial charge in [-0.05, 0) is 31.6 Å². The van der Waals surface area contributed by atoms with Crippen LogP contribution in [-0.2, 0) is 0 Å². The Bertz CT molecular complexity index is 248. The quantitative estimate of drug-likeness (QED) is 0.796. The van der Waals surface area contributed by atoms with E-state index in [1.54, 1.807) is 0 Å². The lowest BCUT2D eigenvalue weighted by atomic mass is 10.1. The molecule has 1 aliphatic heterocycles. The monoisotopic (exact) mass is 240 g/mol. The molecule has 0 aromatic rings. The molecule has 2 nitrogen and oxygen atoms in total. The average Bonchev–Trinajstić information content (AvgIpc) is 3.12. The fraction of sp³-hybridized carbons (Fsp3) is 0.923. The molecule has 0 aromatic heterocycles. The molecule has 1 fully saturated rings. The molecule has 1 saturated carbocycles. The number of amidine groups is 1. The Morgan fingerprint density at radius 2 is 2.19 bits per heavy atom. The molecule has 1 aliphatic carbocycles. The summed E-state index contributed by atoms with van der Waals surface area (Å²) in [6.45, 7) is 4.52. The van der Waals surface area contributed by atoms with Crippen molar-refractivity contribution in [2.24, 2.45) is 10.9 Å². The highest BCUT2D eigenvalue weighted by Gasteiger charge is 2.25. The Morgan fingerprint density at radius 3 is 2.81 bits per heavy atom. The van der Waals surface area contributed by atoms with Gasteiger partial charge in [0, 0.05) is 11.8 Å². The first kappa shape index (κ1) is 12.3. The van der Waals surface area contributed by atoms with Crippen LogP contribution in [0.15, 0.2) is 4.99 Å². The lowest BCUT2D eigenvalue weighted by Crippen LogP contribution is -2.35. The van der Waals surface area contributed by atoms with E-state index in [9.17, 15) is 0 Å². The lowest BCUT2D eigenvalue weighted by Gasteiger charge is -2.24. The van der Waals surface area contributed by atoms with Gasteiger partial charge in [-0.25, -0.2) is 0 Å². The molecule has 0 radical (unpaired) electrons. The summed E-state index contributed by atoms with van der Waals surface area (Å²) < 4.78 is 0. The first-order valence-corrected chi connectivity index (χ1v) is 7.77. The molecule has 0 saturated heterocycles. The van der Waals surface area contributed by atoms with Crippen LogP contribution >= 0.6 is 11.8 Å². The normalized spacial score (nSPS) is 27.4. The molecular formula is C13H24N2S. The predicted octanol–water partition coefficient (Wildman–Crippen LogP) is 3.43. The number of hydrogen-bond acceptors (Lipinski definition) is 3. The largest absolute Gasteiger partial charge is 0.362 e. The van der Waals surface area contributed by atoms with Crippen LogP contribution < -0.4 is 5.32 Å². The fourth-order valence-electron chi connectivity index (χ4n) is 2.19. The Labute approximate surface area is 104 Å². The van der Waals surface area contributed by atoms with Crippen LogP contribution in [-0.4, -0.2) is 23.0 Å². The van der Waals surface area contributed by atoms with Crippen LogP contribution in [0.1, 0.15) is 52.4 Å². The second-order valence-electron chi connectivity index (χ2n) is 5.06. The van der Waals surface area contributed by atoms with Crippen molar-refractivity contribution in [2.75, 3.05) is 5.75 Å². The molecule has 0 bridgehead atoms. The van der Waals surface area contributed by atoms with Gasteiger partial charge in [-0.3, -0.25) is 4.99 Å². The SMILES string of the molecule is CCC1CCSC(NC(CC)CC2CC2)=N1. The van der Waals surface area contributed by atoms with Gasteiger partial charge in [-0.15, -0.1) is 0 Å². The van der Waals surface area contributed by atoms with E-state index >= 15 is 0 Å². The topological polar surface area (TPSA) is 24.4 Å². The molecule has 0 spiro atoms. The summed E-state index contributed by atoms with van der Waals surface area (Å²) >= 11 is 1.91. The van der Waals surface area contributed by atoms with Crippen LogP contribution in [0, 0.1) is 5.92 Å². The minimum absolute atomic E-state index is 0.571. The van der Waals surface area contributed by atoms with Gasteiger partial charge in [-0.1, -0.05) is 38.5 Å². The van der Waals surface area contributed by atoms with Gasteiger partial charge in [0.25, 0.3) is 0 Å². The first-order valence-electron chi connectivity index (χ1n) is 6.79. The Morgan fingerprint density at radius 1 is 1.38 bits per heavy atom. The zero-order valence-electron chi connectivity index (χ0n) is 10.5. The maximum absolute atomic E-state index is 4.78. The molecule has 0 aromatic carbocycles. The van der Waals surface area contributed by atoms with Gasteiger partial charge in [0.2, 0.25) is 0 Å². The number of thioether (sulfide) groups is 1. The highest BCUT2D eigenvalue weighted by Crippen LogP contribution is 2.34. The zero-order valence-corrected chi connectivity index (χ0v) is 11.4. The van der Waals surface area contributed by atoms with E-state index in [0.29, 0.717) is 12.1 Å². The number of nitrogens with one attached hydrogen (secondary N) is 1. The van der Waals surface area contributed by atoms with Gasteiger partial charge in [0.15, 0.2) is 5.17 Å². The summed E-state index contributed by atoms with van der Waals surface area (Å²) in [5.41, 5.74) is 0. The van der Waals surface area contributed by atoms with Crippen molar-refractivity contribution >= 4 is 16.9 Å². The summed E-state index contributed by atoms with van der Waals surface area (Å²) in [5.74, 6) is 2.25. The summed E-state index contributed by atoms with van der Waals surface area (Å²) in [7, 11) is 0. The Kier molecular flexibility index (Phi) is 4.56. The molecule has 2 aliphatic rings. The predicted molar refractivity (Wildman–Crippen MR) is 73.1 cm³/mol. The minimum Gasteiger partial charge on any atom is -0.362 e. The molecule has 16 heavy (non-hydrogen) atoms. The maximum Gasteiger partial charge on any atom is 0.157 e. The van der Waals surface area contributed by atoms with E-state index < -0.39 is 0 Å². The molecule has 0 amide bonds. The molecule has 2 unspecified atom stereocenters. The number of nitrogens with zero attached hydrogens (tertiary/aromatic N) is 1. The van der Waals surface area contributed by atoms with Crippen molar-refractivity contribution in [3.05, 3.63) is 0 Å². The minimum atomic E-state index is 0.571. The smallest absolute Gasteiger partial charge is 0.157 e. The van der Waals surface area contributed by atoms with Crippen molar-refractivity contribution in [1.82, 2.24) is 5.32 Å². The third-order valence-electron chi connectivity index (χ3n) is 3.60. The highest BCUT2D eigenvalue weighted by atomic mass is 32.2. The van der Waals surface area contributed by atoms with Crippen LogP contribution in [0.25, 0.3) is 0 Å². The first-order chi connectivity index (χ1) is 7.81. The molecule has 92 valence electrons. The molecule has 3 heteroatoms. The van der Waals surface area contributed by atoms with E-state index in [4.69, 9.17) is 4.99 Å². The fourth-order valence-corrected chi connectivity index (χ4v) is 3.25. The molecule has 1 heterocycles. The van der Waals surface area contributed by atoms with Gasteiger partial charge in [-0.2, -0.15) is 0 Å². The highest BCUT2D eigenvalue weighted by molar-refractivity contribution is 8.13. The van der Waals surface area contributed by atoms with Crippen LogP contribution in [0.5, 0.6) is 0 Å². The van der Waals surface area contributed by atoms with Crippen molar-refractivity contribution < 1.29 is 0 Å². The third kappa shape index (κ3) is 3.69. The van der Waals surface area contributed by atoms with Gasteiger partial charge in [0.1, 0.15) is 0 Å². The average molecular weight is 240 g/mol. The molecule has 2 rings (SSSR count). The van der Waals surface area contributed by atoms with E-state index in [1.807, 2.05) is 11.8 Å². The van der Waals surface area contributed by atoms with Gasteiger partial charge < -0.3 is 5.32 Å². The van der Waals surface area contributed by atoms with Gasteiger partial charge in [0.05, 0.1) is 6.04 Å². The van der Waals surface area contributed by atoms with Crippen molar-refractivity contribution in [3.8, 4) is 0 Å². The molecule has 2 atom stereocenters. The van der Waals surface area contributed by atoms with Crippen LogP contribution in [0.2, 0.25) is 0 Å². The number of aliphatic imine (C=N–C) groups is 1. The van der Waals surface area contributed by atoms with Crippen molar-refractivity contribution in [2.45, 2.75) is 64.5 Å².